The Morgan fingerprint density at radius 1 is 1.43 bits per heavy atom. The number of hydrogen-bond acceptors (Lipinski definition) is 4. The maximum Gasteiger partial charge on any atom is 0.193 e. The van der Waals surface area contributed by atoms with Crippen molar-refractivity contribution in [3.8, 4) is 0 Å². The highest BCUT2D eigenvalue weighted by Gasteiger charge is 2.19. The lowest BCUT2D eigenvalue weighted by Gasteiger charge is -2.21. The first kappa shape index (κ1) is 9.83. The van der Waals surface area contributed by atoms with Crippen molar-refractivity contribution in [1.82, 2.24) is 0 Å². The number of thiophene rings is 1. The molecule has 76 valence electrons. The molecule has 0 N–H and O–H groups in total. The van der Waals surface area contributed by atoms with Gasteiger partial charge in [-0.3, -0.25) is 4.79 Å². The molecule has 0 radical (unpaired) electrons. The van der Waals surface area contributed by atoms with Crippen LogP contribution in [-0.2, 0) is 9.47 Å². The Morgan fingerprint density at radius 3 is 2.71 bits per heavy atom. The molecule has 0 unspecified atom stereocenters. The third-order valence-electron chi connectivity index (χ3n) is 2.03. The number of carbonyl (C=O) groups is 1. The van der Waals surface area contributed by atoms with Gasteiger partial charge in [0.2, 0.25) is 0 Å². The fraction of sp³-hybridized carbons (Fsp3) is 0.500. The van der Waals surface area contributed by atoms with Crippen molar-refractivity contribution in [2.24, 2.45) is 0 Å². The largest absolute Gasteiger partial charge is 0.348 e. The molecule has 1 saturated heterocycles. The molecule has 14 heavy (non-hydrogen) atoms. The van der Waals surface area contributed by atoms with Crippen molar-refractivity contribution in [2.45, 2.75) is 19.6 Å². The summed E-state index contributed by atoms with van der Waals surface area (Å²) in [5, 5.41) is 0. The lowest BCUT2D eigenvalue weighted by molar-refractivity contribution is -0.181. The third-order valence-corrected chi connectivity index (χ3v) is 3.24. The van der Waals surface area contributed by atoms with Crippen LogP contribution in [0.25, 0.3) is 0 Å². The summed E-state index contributed by atoms with van der Waals surface area (Å²) in [6.07, 6.45) is 0.684. The Balaban J connectivity index is 2.11. The molecule has 0 amide bonds. The van der Waals surface area contributed by atoms with Crippen LogP contribution in [0.15, 0.2) is 12.1 Å². The molecule has 1 aromatic rings. The first-order valence-electron chi connectivity index (χ1n) is 4.61. The van der Waals surface area contributed by atoms with E-state index in [9.17, 15) is 4.79 Å². The number of ether oxygens (including phenoxy) is 2. The van der Waals surface area contributed by atoms with Gasteiger partial charge in [-0.05, 0) is 25.5 Å². The summed E-state index contributed by atoms with van der Waals surface area (Å²) < 4.78 is 10.9. The molecule has 2 heterocycles. The second-order valence-corrected chi connectivity index (χ2v) is 4.30. The van der Waals surface area contributed by atoms with Crippen molar-refractivity contribution in [3.63, 3.8) is 0 Å². The summed E-state index contributed by atoms with van der Waals surface area (Å²) >= 11 is 1.45. The molecule has 1 aliphatic heterocycles. The van der Waals surface area contributed by atoms with Gasteiger partial charge in [-0.2, -0.15) is 0 Å². The minimum atomic E-state index is -0.262. The van der Waals surface area contributed by atoms with Crippen LogP contribution < -0.4 is 0 Å². The van der Waals surface area contributed by atoms with Gasteiger partial charge in [-0.15, -0.1) is 11.3 Å². The topological polar surface area (TPSA) is 35.5 Å². The van der Waals surface area contributed by atoms with E-state index in [0.717, 1.165) is 29.4 Å². The maximum atomic E-state index is 11.1. The van der Waals surface area contributed by atoms with E-state index in [0.29, 0.717) is 0 Å². The van der Waals surface area contributed by atoms with Crippen LogP contribution >= 0.6 is 11.3 Å². The van der Waals surface area contributed by atoms with E-state index in [-0.39, 0.29) is 12.1 Å². The molecule has 3 nitrogen and oxygen atoms in total. The summed E-state index contributed by atoms with van der Waals surface area (Å²) in [5.41, 5.74) is 0. The van der Waals surface area contributed by atoms with Gasteiger partial charge in [-0.25, -0.2) is 0 Å². The predicted octanol–water partition coefficient (Wildman–Crippen LogP) is 2.39. The first-order chi connectivity index (χ1) is 6.77. The molecular weight excluding hydrogens is 200 g/mol. The highest BCUT2D eigenvalue weighted by molar-refractivity contribution is 7.14. The van der Waals surface area contributed by atoms with E-state index < -0.39 is 0 Å². The third kappa shape index (κ3) is 2.03. The average molecular weight is 212 g/mol. The zero-order chi connectivity index (χ0) is 9.97. The van der Waals surface area contributed by atoms with Crippen molar-refractivity contribution in [1.29, 1.82) is 0 Å². The second kappa shape index (κ2) is 4.21. The lowest BCUT2D eigenvalue weighted by atomic mass is 10.3. The molecule has 0 aliphatic carbocycles. The molecule has 0 spiro atoms. The van der Waals surface area contributed by atoms with Gasteiger partial charge in [0.1, 0.15) is 0 Å². The van der Waals surface area contributed by atoms with Crippen LogP contribution in [0.3, 0.4) is 0 Å². The van der Waals surface area contributed by atoms with E-state index in [1.807, 2.05) is 12.1 Å². The minimum Gasteiger partial charge on any atom is -0.348 e. The van der Waals surface area contributed by atoms with Crippen LogP contribution in [0, 0.1) is 0 Å². The fourth-order valence-electron chi connectivity index (χ4n) is 1.32. The monoisotopic (exact) mass is 212 g/mol. The summed E-state index contributed by atoms with van der Waals surface area (Å²) in [4.78, 5) is 12.8. The van der Waals surface area contributed by atoms with Crippen LogP contribution in [0.1, 0.15) is 34.2 Å². The van der Waals surface area contributed by atoms with E-state index in [2.05, 4.69) is 0 Å². The summed E-state index contributed by atoms with van der Waals surface area (Å²) in [5.74, 6) is 0.0945. The van der Waals surface area contributed by atoms with Crippen molar-refractivity contribution in [2.75, 3.05) is 13.2 Å². The van der Waals surface area contributed by atoms with E-state index in [1.54, 1.807) is 6.92 Å². The molecule has 0 atom stereocenters. The summed E-state index contributed by atoms with van der Waals surface area (Å²) in [7, 11) is 0. The van der Waals surface area contributed by atoms with Crippen molar-refractivity contribution < 1.29 is 14.3 Å². The Hall–Kier alpha value is -0.710. The highest BCUT2D eigenvalue weighted by atomic mass is 32.1. The normalized spacial score (nSPS) is 18.4. The summed E-state index contributed by atoms with van der Waals surface area (Å²) in [6, 6.07) is 3.72. The molecular formula is C10H12O3S. The predicted molar refractivity (Wildman–Crippen MR) is 53.6 cm³/mol. The zero-order valence-corrected chi connectivity index (χ0v) is 8.80. The molecule has 0 aromatic carbocycles. The van der Waals surface area contributed by atoms with E-state index in [4.69, 9.17) is 9.47 Å². The quantitative estimate of drug-likeness (QED) is 0.706. The maximum absolute atomic E-state index is 11.1. The van der Waals surface area contributed by atoms with Crippen LogP contribution in [0.5, 0.6) is 0 Å². The zero-order valence-electron chi connectivity index (χ0n) is 7.99. The molecule has 1 aliphatic rings. The highest BCUT2D eigenvalue weighted by Crippen LogP contribution is 2.29. The smallest absolute Gasteiger partial charge is 0.193 e. The van der Waals surface area contributed by atoms with Crippen LogP contribution in [0.2, 0.25) is 0 Å². The number of hydrogen-bond donors (Lipinski definition) is 0. The van der Waals surface area contributed by atoms with Gasteiger partial charge in [0.25, 0.3) is 0 Å². The van der Waals surface area contributed by atoms with Crippen LogP contribution in [-0.4, -0.2) is 19.0 Å². The van der Waals surface area contributed by atoms with E-state index >= 15 is 0 Å². The van der Waals surface area contributed by atoms with Gasteiger partial charge in [0, 0.05) is 0 Å². The SMILES string of the molecule is CC(=O)c1ccc(C2OCCCO2)s1. The lowest BCUT2D eigenvalue weighted by Crippen LogP contribution is -2.16. The molecule has 2 rings (SSSR count). The van der Waals surface area contributed by atoms with Crippen molar-refractivity contribution in [3.05, 3.63) is 21.9 Å². The number of rotatable bonds is 2. The standard InChI is InChI=1S/C10H12O3S/c1-7(11)8-3-4-9(14-8)10-12-5-2-6-13-10/h3-4,10H,2,5-6H2,1H3. The minimum absolute atomic E-state index is 0.0945. The van der Waals surface area contributed by atoms with Gasteiger partial charge in [0.05, 0.1) is 23.0 Å². The molecule has 1 fully saturated rings. The Kier molecular flexibility index (Phi) is 2.96. The summed E-state index contributed by atoms with van der Waals surface area (Å²) in [6.45, 7) is 3.04. The fourth-order valence-corrected chi connectivity index (χ4v) is 2.22. The number of carbonyl (C=O) groups excluding carboxylic acids is 1. The van der Waals surface area contributed by atoms with E-state index in [1.165, 1.54) is 11.3 Å². The van der Waals surface area contributed by atoms with Gasteiger partial charge < -0.3 is 9.47 Å². The average Bonchev–Trinajstić information content (AvgIpc) is 2.68. The molecule has 0 bridgehead atoms. The van der Waals surface area contributed by atoms with Crippen molar-refractivity contribution >= 4 is 17.1 Å². The number of Topliss-reactive ketones (excluding diaryl/α,β-unsaturated/α-hetero) is 1. The first-order valence-corrected chi connectivity index (χ1v) is 5.43. The van der Waals surface area contributed by atoms with Gasteiger partial charge in [0.15, 0.2) is 12.1 Å². The number of ketones is 1. The Bertz CT molecular complexity index is 326. The van der Waals surface area contributed by atoms with Crippen LogP contribution in [0.4, 0.5) is 0 Å². The molecule has 1 aromatic heterocycles. The second-order valence-electron chi connectivity index (χ2n) is 3.19. The van der Waals surface area contributed by atoms with Gasteiger partial charge in [-0.1, -0.05) is 0 Å². The van der Waals surface area contributed by atoms with Gasteiger partial charge >= 0.3 is 0 Å². The Labute approximate surface area is 86.6 Å². The Morgan fingerprint density at radius 2 is 2.14 bits per heavy atom. The molecule has 0 saturated carbocycles. The molecule has 4 heteroatoms.